The van der Waals surface area contributed by atoms with Gasteiger partial charge in [-0.3, -0.25) is 0 Å². The summed E-state index contributed by atoms with van der Waals surface area (Å²) in [5.41, 5.74) is 1.47. The standard InChI is InChI=1S/C14H26N2S2/c1-10(2)7-11-12(8-15-14(3,4)5)18-13(16-11)9-17-6/h10,15H,7-9H2,1-6H3. The lowest BCUT2D eigenvalue weighted by Gasteiger charge is -2.20. The van der Waals surface area contributed by atoms with Crippen molar-refractivity contribution in [3.05, 3.63) is 15.6 Å². The van der Waals surface area contributed by atoms with Gasteiger partial charge in [-0.1, -0.05) is 13.8 Å². The van der Waals surface area contributed by atoms with Crippen LogP contribution in [0.4, 0.5) is 0 Å². The Hall–Kier alpha value is -0.0600. The van der Waals surface area contributed by atoms with Gasteiger partial charge in [0.1, 0.15) is 5.01 Å². The van der Waals surface area contributed by atoms with Crippen LogP contribution in [0.5, 0.6) is 0 Å². The zero-order valence-corrected chi connectivity index (χ0v) is 14.1. The number of nitrogens with one attached hydrogen (secondary N) is 1. The van der Waals surface area contributed by atoms with E-state index < -0.39 is 0 Å². The molecule has 2 nitrogen and oxygen atoms in total. The zero-order chi connectivity index (χ0) is 13.8. The second-order valence-corrected chi connectivity index (χ2v) is 8.15. The minimum absolute atomic E-state index is 0.165. The van der Waals surface area contributed by atoms with E-state index in [-0.39, 0.29) is 5.54 Å². The van der Waals surface area contributed by atoms with Gasteiger partial charge in [-0.15, -0.1) is 11.3 Å². The van der Waals surface area contributed by atoms with Crippen LogP contribution in [-0.2, 0) is 18.7 Å². The largest absolute Gasteiger partial charge is 0.307 e. The molecule has 1 aromatic rings. The summed E-state index contributed by atoms with van der Waals surface area (Å²) >= 11 is 3.72. The molecule has 0 aromatic carbocycles. The molecule has 0 unspecified atom stereocenters. The number of aromatic nitrogens is 1. The van der Waals surface area contributed by atoms with E-state index in [1.54, 1.807) is 0 Å². The molecular formula is C14H26N2S2. The molecule has 1 heterocycles. The second-order valence-electron chi connectivity index (χ2n) is 6.11. The molecule has 0 aliphatic rings. The molecule has 0 atom stereocenters. The summed E-state index contributed by atoms with van der Waals surface area (Å²) in [5.74, 6) is 1.70. The third kappa shape index (κ3) is 5.72. The fraction of sp³-hybridized carbons (Fsp3) is 0.786. The van der Waals surface area contributed by atoms with Gasteiger partial charge in [0, 0.05) is 22.7 Å². The van der Waals surface area contributed by atoms with E-state index in [0.717, 1.165) is 18.7 Å². The van der Waals surface area contributed by atoms with Crippen LogP contribution in [0.2, 0.25) is 0 Å². The molecule has 0 saturated heterocycles. The Morgan fingerprint density at radius 1 is 1.33 bits per heavy atom. The molecule has 0 bridgehead atoms. The fourth-order valence-corrected chi connectivity index (χ4v) is 3.38. The summed E-state index contributed by atoms with van der Waals surface area (Å²) in [6.07, 6.45) is 3.22. The lowest BCUT2D eigenvalue weighted by molar-refractivity contribution is 0.425. The highest BCUT2D eigenvalue weighted by Crippen LogP contribution is 2.24. The van der Waals surface area contributed by atoms with Gasteiger partial charge in [-0.25, -0.2) is 4.98 Å². The van der Waals surface area contributed by atoms with Crippen LogP contribution in [0, 0.1) is 5.92 Å². The summed E-state index contributed by atoms with van der Waals surface area (Å²) in [4.78, 5) is 6.22. The second kappa shape index (κ2) is 6.92. The van der Waals surface area contributed by atoms with Crippen molar-refractivity contribution in [2.45, 2.75) is 58.9 Å². The van der Waals surface area contributed by atoms with E-state index in [2.05, 4.69) is 46.2 Å². The van der Waals surface area contributed by atoms with Crippen LogP contribution in [-0.4, -0.2) is 16.8 Å². The first kappa shape index (κ1) is 16.0. The first-order valence-corrected chi connectivity index (χ1v) is 8.74. The Kier molecular flexibility index (Phi) is 6.15. The van der Waals surface area contributed by atoms with Crippen molar-refractivity contribution in [2.75, 3.05) is 6.26 Å². The molecule has 0 aliphatic heterocycles. The van der Waals surface area contributed by atoms with Crippen molar-refractivity contribution in [1.82, 2.24) is 10.3 Å². The van der Waals surface area contributed by atoms with Gasteiger partial charge in [0.25, 0.3) is 0 Å². The number of nitrogens with zero attached hydrogens (tertiary/aromatic N) is 1. The normalized spacial score (nSPS) is 12.4. The Bertz CT molecular complexity index is 364. The number of hydrogen-bond donors (Lipinski definition) is 1. The monoisotopic (exact) mass is 286 g/mol. The molecule has 18 heavy (non-hydrogen) atoms. The lowest BCUT2D eigenvalue weighted by Crippen LogP contribution is -2.35. The molecule has 1 N–H and O–H groups in total. The van der Waals surface area contributed by atoms with Crippen molar-refractivity contribution in [3.63, 3.8) is 0 Å². The average molecular weight is 287 g/mol. The van der Waals surface area contributed by atoms with E-state index >= 15 is 0 Å². The fourth-order valence-electron chi connectivity index (χ4n) is 1.65. The van der Waals surface area contributed by atoms with Crippen molar-refractivity contribution in [1.29, 1.82) is 0 Å². The van der Waals surface area contributed by atoms with Gasteiger partial charge in [0.2, 0.25) is 0 Å². The van der Waals surface area contributed by atoms with E-state index in [9.17, 15) is 0 Å². The topological polar surface area (TPSA) is 24.9 Å². The minimum atomic E-state index is 0.165. The van der Waals surface area contributed by atoms with Crippen molar-refractivity contribution in [2.24, 2.45) is 5.92 Å². The van der Waals surface area contributed by atoms with Crippen LogP contribution in [0.25, 0.3) is 0 Å². The van der Waals surface area contributed by atoms with Crippen molar-refractivity contribution < 1.29 is 0 Å². The molecular weight excluding hydrogens is 260 g/mol. The minimum Gasteiger partial charge on any atom is -0.307 e. The Labute approximate surface area is 120 Å². The highest BCUT2D eigenvalue weighted by Gasteiger charge is 2.15. The van der Waals surface area contributed by atoms with E-state index in [0.29, 0.717) is 5.92 Å². The summed E-state index contributed by atoms with van der Waals surface area (Å²) in [6.45, 7) is 12.1. The Morgan fingerprint density at radius 3 is 2.50 bits per heavy atom. The van der Waals surface area contributed by atoms with Crippen LogP contribution in [0.3, 0.4) is 0 Å². The maximum absolute atomic E-state index is 4.80. The van der Waals surface area contributed by atoms with Gasteiger partial charge in [0.05, 0.1) is 5.69 Å². The van der Waals surface area contributed by atoms with E-state index in [1.165, 1.54) is 15.6 Å². The van der Waals surface area contributed by atoms with Crippen LogP contribution < -0.4 is 5.32 Å². The first-order chi connectivity index (χ1) is 8.31. The maximum atomic E-state index is 4.80. The van der Waals surface area contributed by atoms with Gasteiger partial charge < -0.3 is 5.32 Å². The van der Waals surface area contributed by atoms with Gasteiger partial charge >= 0.3 is 0 Å². The molecule has 0 aliphatic carbocycles. The third-order valence-corrected chi connectivity index (χ3v) is 4.31. The first-order valence-electron chi connectivity index (χ1n) is 6.53. The predicted molar refractivity (Wildman–Crippen MR) is 84.5 cm³/mol. The average Bonchev–Trinajstić information content (AvgIpc) is 2.56. The summed E-state index contributed by atoms with van der Waals surface area (Å²) in [7, 11) is 0. The molecule has 0 fully saturated rings. The number of rotatable bonds is 6. The summed E-state index contributed by atoms with van der Waals surface area (Å²) in [5, 5.41) is 4.84. The van der Waals surface area contributed by atoms with Crippen LogP contribution >= 0.6 is 23.1 Å². The number of thiazole rings is 1. The number of thioether (sulfide) groups is 1. The molecule has 0 saturated carbocycles. The quantitative estimate of drug-likeness (QED) is 0.852. The third-order valence-electron chi connectivity index (χ3n) is 2.47. The van der Waals surface area contributed by atoms with E-state index in [4.69, 9.17) is 4.98 Å². The SMILES string of the molecule is CSCc1nc(CC(C)C)c(CNC(C)(C)C)s1. The lowest BCUT2D eigenvalue weighted by atomic mass is 10.1. The zero-order valence-electron chi connectivity index (χ0n) is 12.5. The molecule has 0 radical (unpaired) electrons. The van der Waals surface area contributed by atoms with Gasteiger partial charge in [-0.05, 0) is 39.4 Å². The summed E-state index contributed by atoms with van der Waals surface area (Å²) < 4.78 is 0. The highest BCUT2D eigenvalue weighted by molar-refractivity contribution is 7.97. The van der Waals surface area contributed by atoms with Crippen molar-refractivity contribution >= 4 is 23.1 Å². The predicted octanol–water partition coefficient (Wildman–Crippen LogP) is 4.09. The van der Waals surface area contributed by atoms with Crippen LogP contribution in [0.15, 0.2) is 0 Å². The Morgan fingerprint density at radius 2 is 2.00 bits per heavy atom. The highest BCUT2D eigenvalue weighted by atomic mass is 32.2. The van der Waals surface area contributed by atoms with Gasteiger partial charge in [-0.2, -0.15) is 11.8 Å². The molecule has 4 heteroatoms. The molecule has 0 spiro atoms. The molecule has 1 aromatic heterocycles. The molecule has 0 amide bonds. The molecule has 104 valence electrons. The van der Waals surface area contributed by atoms with Crippen LogP contribution in [0.1, 0.15) is 50.2 Å². The summed E-state index contributed by atoms with van der Waals surface area (Å²) in [6, 6.07) is 0. The smallest absolute Gasteiger partial charge is 0.103 e. The number of hydrogen-bond acceptors (Lipinski definition) is 4. The van der Waals surface area contributed by atoms with E-state index in [1.807, 2.05) is 23.1 Å². The molecule has 1 rings (SSSR count). The van der Waals surface area contributed by atoms with Gasteiger partial charge in [0.15, 0.2) is 0 Å². The van der Waals surface area contributed by atoms with Crippen molar-refractivity contribution in [3.8, 4) is 0 Å². The Balaban J connectivity index is 2.79. The maximum Gasteiger partial charge on any atom is 0.103 e.